The van der Waals surface area contributed by atoms with Gasteiger partial charge in [-0.05, 0) is 54.1 Å². The number of piperazine rings is 1. The van der Waals surface area contributed by atoms with Crippen LogP contribution in [0.25, 0.3) is 17.3 Å². The minimum atomic E-state index is -0.0124. The molecule has 0 aliphatic carbocycles. The molecule has 3 aliphatic heterocycles. The van der Waals surface area contributed by atoms with Crippen molar-refractivity contribution in [2.45, 2.75) is 0 Å². The van der Waals surface area contributed by atoms with E-state index < -0.39 is 0 Å². The van der Waals surface area contributed by atoms with Crippen molar-refractivity contribution in [3.05, 3.63) is 60.2 Å². The Hall–Kier alpha value is -4.27. The number of carbonyl (C=O) groups excluding carboxylic acids is 1. The number of hydrogen-bond acceptors (Lipinski definition) is 8. The lowest BCUT2D eigenvalue weighted by molar-refractivity contribution is -0.126. The molecular weight excluding hydrogens is 436 g/mol. The quantitative estimate of drug-likeness (QED) is 0.552. The number of amides is 1. The maximum absolute atomic E-state index is 12.6. The number of nitrogens with zero attached hydrogens (tertiary/aromatic N) is 4. The molecule has 0 spiro atoms. The minimum absolute atomic E-state index is 0.0124. The number of hydrogen-bond donors (Lipinski definition) is 0. The third kappa shape index (κ3) is 3.96. The van der Waals surface area contributed by atoms with E-state index in [4.69, 9.17) is 18.9 Å². The molecule has 3 aliphatic rings. The summed E-state index contributed by atoms with van der Waals surface area (Å²) in [5, 5.41) is 8.80. The highest BCUT2D eigenvalue weighted by Crippen LogP contribution is 2.35. The van der Waals surface area contributed by atoms with E-state index in [0.717, 1.165) is 39.9 Å². The van der Waals surface area contributed by atoms with Crippen LogP contribution in [0, 0.1) is 0 Å². The molecule has 9 nitrogen and oxygen atoms in total. The molecule has 0 saturated carbocycles. The minimum Gasteiger partial charge on any atom is -0.454 e. The van der Waals surface area contributed by atoms with E-state index in [2.05, 4.69) is 15.1 Å². The van der Waals surface area contributed by atoms with Crippen LogP contribution in [0.2, 0.25) is 0 Å². The zero-order valence-corrected chi connectivity index (χ0v) is 18.3. The molecule has 9 heteroatoms. The molecule has 4 heterocycles. The lowest BCUT2D eigenvalue weighted by Crippen LogP contribution is -2.48. The van der Waals surface area contributed by atoms with Gasteiger partial charge in [0.2, 0.25) is 19.5 Å². The van der Waals surface area contributed by atoms with Gasteiger partial charge in [0.25, 0.3) is 0 Å². The molecule has 34 heavy (non-hydrogen) atoms. The first-order chi connectivity index (χ1) is 16.7. The Kier molecular flexibility index (Phi) is 5.14. The second-order valence-corrected chi connectivity index (χ2v) is 8.10. The maximum atomic E-state index is 12.6. The fourth-order valence-electron chi connectivity index (χ4n) is 4.15. The van der Waals surface area contributed by atoms with Crippen molar-refractivity contribution in [3.8, 4) is 34.3 Å². The molecule has 1 aromatic heterocycles. The predicted octanol–water partition coefficient (Wildman–Crippen LogP) is 2.96. The van der Waals surface area contributed by atoms with Crippen LogP contribution in [0.1, 0.15) is 5.56 Å². The van der Waals surface area contributed by atoms with Crippen LogP contribution >= 0.6 is 0 Å². The Balaban J connectivity index is 1.05. The van der Waals surface area contributed by atoms with Gasteiger partial charge in [0.15, 0.2) is 28.8 Å². The lowest BCUT2D eigenvalue weighted by Gasteiger charge is -2.34. The first-order valence-corrected chi connectivity index (χ1v) is 11.1. The first-order valence-electron chi connectivity index (χ1n) is 11.1. The van der Waals surface area contributed by atoms with Crippen LogP contribution in [-0.2, 0) is 4.79 Å². The van der Waals surface area contributed by atoms with Gasteiger partial charge in [0, 0.05) is 37.8 Å². The molecule has 1 amide bonds. The molecule has 1 fully saturated rings. The van der Waals surface area contributed by atoms with Crippen molar-refractivity contribution < 1.29 is 23.7 Å². The fraction of sp³-hybridized carbons (Fsp3) is 0.240. The highest BCUT2D eigenvalue weighted by molar-refractivity contribution is 5.92. The highest BCUT2D eigenvalue weighted by Gasteiger charge is 2.21. The Morgan fingerprint density at radius 2 is 1.47 bits per heavy atom. The van der Waals surface area contributed by atoms with E-state index in [1.807, 2.05) is 53.4 Å². The van der Waals surface area contributed by atoms with Gasteiger partial charge < -0.3 is 28.7 Å². The number of benzene rings is 2. The van der Waals surface area contributed by atoms with Crippen LogP contribution in [0.5, 0.6) is 23.0 Å². The predicted molar refractivity (Wildman–Crippen MR) is 124 cm³/mol. The summed E-state index contributed by atoms with van der Waals surface area (Å²) in [6.07, 6.45) is 3.41. The van der Waals surface area contributed by atoms with Crippen molar-refractivity contribution in [2.24, 2.45) is 0 Å². The van der Waals surface area contributed by atoms with Crippen molar-refractivity contribution in [2.75, 3.05) is 44.7 Å². The number of aromatic nitrogens is 2. The molecule has 0 bridgehead atoms. The normalized spacial score (nSPS) is 16.4. The zero-order valence-electron chi connectivity index (χ0n) is 18.3. The highest BCUT2D eigenvalue weighted by atomic mass is 16.7. The average Bonchev–Trinajstić information content (AvgIpc) is 3.56. The summed E-state index contributed by atoms with van der Waals surface area (Å²) >= 11 is 0. The van der Waals surface area contributed by atoms with E-state index in [1.165, 1.54) is 0 Å². The molecular formula is C25H22N4O5. The SMILES string of the molecule is O=C(/C=C/c1ccc2c(c1)OCO2)N1CCN(c2ccc(-c3ccc4c(c3)OCO4)nn2)CC1. The standard InChI is InChI=1S/C25H22N4O5/c30-25(8-2-17-1-5-20-22(13-17)33-15-31-20)29-11-9-28(10-12-29)24-7-4-19(26-27-24)18-3-6-21-23(14-18)34-16-32-21/h1-8,13-14H,9-12,15-16H2/b8-2+. The van der Waals surface area contributed by atoms with Gasteiger partial charge in [-0.15, -0.1) is 10.2 Å². The number of carbonyl (C=O) groups is 1. The lowest BCUT2D eigenvalue weighted by atomic mass is 10.1. The molecule has 172 valence electrons. The third-order valence-electron chi connectivity index (χ3n) is 6.05. The van der Waals surface area contributed by atoms with Crippen LogP contribution in [0.4, 0.5) is 5.82 Å². The Morgan fingerprint density at radius 1 is 0.765 bits per heavy atom. The van der Waals surface area contributed by atoms with Crippen molar-refractivity contribution in [1.29, 1.82) is 0 Å². The van der Waals surface area contributed by atoms with Gasteiger partial charge >= 0.3 is 0 Å². The molecule has 0 unspecified atom stereocenters. The van der Waals surface area contributed by atoms with E-state index in [-0.39, 0.29) is 19.5 Å². The van der Waals surface area contributed by atoms with E-state index >= 15 is 0 Å². The van der Waals surface area contributed by atoms with Crippen LogP contribution in [-0.4, -0.2) is 60.8 Å². The zero-order chi connectivity index (χ0) is 22.9. The summed E-state index contributed by atoms with van der Waals surface area (Å²) < 4.78 is 21.5. The van der Waals surface area contributed by atoms with Crippen LogP contribution < -0.4 is 23.8 Å². The monoisotopic (exact) mass is 458 g/mol. The topological polar surface area (TPSA) is 86.3 Å². The molecule has 1 saturated heterocycles. The first kappa shape index (κ1) is 20.3. The summed E-state index contributed by atoms with van der Waals surface area (Å²) in [7, 11) is 0. The molecule has 0 N–H and O–H groups in total. The van der Waals surface area contributed by atoms with Gasteiger partial charge in [-0.25, -0.2) is 0 Å². The van der Waals surface area contributed by atoms with Crippen LogP contribution in [0.3, 0.4) is 0 Å². The third-order valence-corrected chi connectivity index (χ3v) is 6.05. The summed E-state index contributed by atoms with van der Waals surface area (Å²) in [5.41, 5.74) is 2.59. The summed E-state index contributed by atoms with van der Waals surface area (Å²) in [6.45, 7) is 3.11. The van der Waals surface area contributed by atoms with Crippen molar-refractivity contribution in [3.63, 3.8) is 0 Å². The average molecular weight is 458 g/mol. The number of fused-ring (bicyclic) bond motifs is 2. The number of anilines is 1. The Bertz CT molecular complexity index is 1250. The van der Waals surface area contributed by atoms with E-state index in [0.29, 0.717) is 31.9 Å². The molecule has 6 rings (SSSR count). The summed E-state index contributed by atoms with van der Waals surface area (Å²) in [6, 6.07) is 15.3. The van der Waals surface area contributed by atoms with Crippen molar-refractivity contribution in [1.82, 2.24) is 15.1 Å². The summed E-state index contributed by atoms with van der Waals surface area (Å²) in [4.78, 5) is 16.6. The Morgan fingerprint density at radius 3 is 2.21 bits per heavy atom. The summed E-state index contributed by atoms with van der Waals surface area (Å²) in [5.74, 6) is 3.68. The molecule has 0 radical (unpaired) electrons. The van der Waals surface area contributed by atoms with Gasteiger partial charge in [-0.1, -0.05) is 6.07 Å². The van der Waals surface area contributed by atoms with Gasteiger partial charge in [0.05, 0.1) is 5.69 Å². The van der Waals surface area contributed by atoms with Gasteiger partial charge in [-0.2, -0.15) is 0 Å². The number of ether oxygens (including phenoxy) is 4. The van der Waals surface area contributed by atoms with E-state index in [9.17, 15) is 4.79 Å². The number of rotatable bonds is 4. The second-order valence-electron chi connectivity index (χ2n) is 8.10. The molecule has 0 atom stereocenters. The second kappa shape index (κ2) is 8.58. The van der Waals surface area contributed by atoms with E-state index in [1.54, 1.807) is 12.2 Å². The van der Waals surface area contributed by atoms with Crippen LogP contribution in [0.15, 0.2) is 54.6 Å². The smallest absolute Gasteiger partial charge is 0.246 e. The van der Waals surface area contributed by atoms with Gasteiger partial charge in [0.1, 0.15) is 0 Å². The largest absolute Gasteiger partial charge is 0.454 e. The fourth-order valence-corrected chi connectivity index (χ4v) is 4.15. The maximum Gasteiger partial charge on any atom is 0.246 e. The molecule has 2 aromatic carbocycles. The van der Waals surface area contributed by atoms with Gasteiger partial charge in [-0.3, -0.25) is 4.79 Å². The Labute approximate surface area is 196 Å². The molecule has 3 aromatic rings. The van der Waals surface area contributed by atoms with Crippen molar-refractivity contribution >= 4 is 17.8 Å².